The quantitative estimate of drug-likeness (QED) is 0.517. The molecule has 1 amide bonds. The highest BCUT2D eigenvalue weighted by molar-refractivity contribution is 6.04. The van der Waals surface area contributed by atoms with Crippen molar-refractivity contribution in [3.63, 3.8) is 0 Å². The first-order chi connectivity index (χ1) is 12.2. The second kappa shape index (κ2) is 6.74. The Labute approximate surface area is 143 Å². The molecule has 27 heavy (non-hydrogen) atoms. The minimum Gasteiger partial charge on any atom is -0.322 e. The first-order valence-electron chi connectivity index (χ1n) is 6.67. The number of hydrogen-bond donors (Lipinski definition) is 1. The van der Waals surface area contributed by atoms with Gasteiger partial charge in [0.2, 0.25) is 0 Å². The highest BCUT2D eigenvalue weighted by Crippen LogP contribution is 2.37. The molecule has 2 aromatic rings. The number of benzene rings is 2. The molecule has 2 nitrogen and oxygen atoms in total. The number of anilines is 1. The maximum atomic E-state index is 13.7. The Morgan fingerprint density at radius 1 is 0.704 bits per heavy atom. The van der Waals surface area contributed by atoms with Crippen LogP contribution < -0.4 is 5.32 Å². The van der Waals surface area contributed by atoms with E-state index in [2.05, 4.69) is 0 Å². The molecule has 0 atom stereocenters. The topological polar surface area (TPSA) is 29.1 Å². The van der Waals surface area contributed by atoms with Crippen LogP contribution in [0.2, 0.25) is 0 Å². The first-order valence-corrected chi connectivity index (χ1v) is 6.67. The van der Waals surface area contributed by atoms with Crippen molar-refractivity contribution in [1.29, 1.82) is 0 Å². The van der Waals surface area contributed by atoms with E-state index in [1.165, 1.54) is 0 Å². The van der Waals surface area contributed by atoms with Crippen LogP contribution in [0.25, 0.3) is 0 Å². The second-order valence-electron chi connectivity index (χ2n) is 5.03. The predicted octanol–water partition coefficient (Wildman–Crippen LogP) is 5.53. The van der Waals surface area contributed by atoms with Crippen molar-refractivity contribution >= 4 is 11.6 Å². The Kier molecular flexibility index (Phi) is 5.12. The van der Waals surface area contributed by atoms with Gasteiger partial charge in [-0.2, -0.15) is 26.3 Å². The molecule has 0 aliphatic rings. The summed E-state index contributed by atoms with van der Waals surface area (Å²) in [5.74, 6) is -12.8. The van der Waals surface area contributed by atoms with Gasteiger partial charge in [-0.05, 0) is 24.3 Å². The van der Waals surface area contributed by atoms with E-state index in [1.54, 1.807) is 5.32 Å². The van der Waals surface area contributed by atoms with E-state index >= 15 is 0 Å². The number of carbonyl (C=O) groups excluding carboxylic acids is 1. The van der Waals surface area contributed by atoms with Crippen molar-refractivity contribution < 1.29 is 48.7 Å². The van der Waals surface area contributed by atoms with Gasteiger partial charge in [0, 0.05) is 5.69 Å². The summed E-state index contributed by atoms with van der Waals surface area (Å²) in [6, 6.07) is 2.28. The fourth-order valence-corrected chi connectivity index (χ4v) is 2.02. The van der Waals surface area contributed by atoms with Crippen LogP contribution in [0.5, 0.6) is 0 Å². The van der Waals surface area contributed by atoms with Crippen LogP contribution in [0.15, 0.2) is 24.3 Å². The summed E-state index contributed by atoms with van der Waals surface area (Å²) in [6.07, 6.45) is -10.5. The molecule has 1 N–H and O–H groups in total. The van der Waals surface area contributed by atoms with Crippen molar-refractivity contribution in [2.45, 2.75) is 12.4 Å². The Balaban J connectivity index is 2.43. The maximum absolute atomic E-state index is 13.7. The van der Waals surface area contributed by atoms with Gasteiger partial charge in [0.05, 0.1) is 5.56 Å². The third-order valence-electron chi connectivity index (χ3n) is 3.24. The van der Waals surface area contributed by atoms with Crippen LogP contribution in [0, 0.1) is 23.3 Å². The Bertz CT molecular complexity index is 854. The SMILES string of the molecule is O=C(Nc1ccc(C(F)(F)F)cc1)c1c(F)c(F)c(C(F)(F)F)c(F)c1F. The number of hydrogen-bond acceptors (Lipinski definition) is 1. The number of rotatable bonds is 2. The molecule has 0 radical (unpaired) electrons. The fraction of sp³-hybridized carbons (Fsp3) is 0.133. The molecule has 0 heterocycles. The zero-order valence-electron chi connectivity index (χ0n) is 12.5. The van der Waals surface area contributed by atoms with E-state index in [0.29, 0.717) is 24.3 Å². The van der Waals surface area contributed by atoms with Crippen LogP contribution in [-0.2, 0) is 12.4 Å². The van der Waals surface area contributed by atoms with Gasteiger partial charge in [0.15, 0.2) is 23.3 Å². The van der Waals surface area contributed by atoms with Crippen molar-refractivity contribution in [1.82, 2.24) is 0 Å². The van der Waals surface area contributed by atoms with Gasteiger partial charge in [-0.1, -0.05) is 0 Å². The zero-order valence-corrected chi connectivity index (χ0v) is 12.5. The minimum absolute atomic E-state index is 0.465. The standard InChI is InChI=1S/C15H5F10NO/c16-9-7(10(17)12(19)8(11(9)18)15(23,24)25)13(27)26-6-3-1-5(2-4-6)14(20,21)22/h1-4H,(H,26,27). The van der Waals surface area contributed by atoms with Gasteiger partial charge in [0.25, 0.3) is 5.91 Å². The third-order valence-corrected chi connectivity index (χ3v) is 3.24. The zero-order chi connectivity index (χ0) is 20.7. The summed E-state index contributed by atoms with van der Waals surface area (Å²) < 4.78 is 129. The summed E-state index contributed by atoms with van der Waals surface area (Å²) in [5.41, 5.74) is -6.46. The third kappa shape index (κ3) is 3.98. The van der Waals surface area contributed by atoms with Crippen LogP contribution in [0.1, 0.15) is 21.5 Å². The van der Waals surface area contributed by atoms with Crippen LogP contribution in [0.4, 0.5) is 49.6 Å². The van der Waals surface area contributed by atoms with Crippen molar-refractivity contribution in [2.75, 3.05) is 5.32 Å². The van der Waals surface area contributed by atoms with Crippen molar-refractivity contribution in [3.05, 3.63) is 64.2 Å². The van der Waals surface area contributed by atoms with Crippen LogP contribution >= 0.6 is 0 Å². The average Bonchev–Trinajstić information content (AvgIpc) is 2.51. The van der Waals surface area contributed by atoms with Gasteiger partial charge < -0.3 is 5.32 Å². The lowest BCUT2D eigenvalue weighted by atomic mass is 10.1. The molecule has 0 aliphatic heterocycles. The number of carbonyl (C=O) groups is 1. The van der Waals surface area contributed by atoms with Crippen molar-refractivity contribution in [2.24, 2.45) is 0 Å². The summed E-state index contributed by atoms with van der Waals surface area (Å²) in [4.78, 5) is 11.8. The monoisotopic (exact) mass is 405 g/mol. The smallest absolute Gasteiger partial charge is 0.322 e. The number of alkyl halides is 6. The van der Waals surface area contributed by atoms with Crippen LogP contribution in [-0.4, -0.2) is 5.91 Å². The Morgan fingerprint density at radius 2 is 1.15 bits per heavy atom. The van der Waals surface area contributed by atoms with Crippen LogP contribution in [0.3, 0.4) is 0 Å². The lowest BCUT2D eigenvalue weighted by Crippen LogP contribution is -2.22. The lowest BCUT2D eigenvalue weighted by Gasteiger charge is -2.14. The molecule has 0 saturated carbocycles. The molecular formula is C15H5F10NO. The molecule has 2 aromatic carbocycles. The number of amides is 1. The highest BCUT2D eigenvalue weighted by atomic mass is 19.4. The molecule has 0 unspecified atom stereocenters. The van der Waals surface area contributed by atoms with Gasteiger partial charge >= 0.3 is 12.4 Å². The minimum atomic E-state index is -5.78. The van der Waals surface area contributed by atoms with Gasteiger partial charge in [-0.15, -0.1) is 0 Å². The van der Waals surface area contributed by atoms with E-state index in [4.69, 9.17) is 0 Å². The molecule has 0 aliphatic carbocycles. The van der Waals surface area contributed by atoms with Crippen molar-refractivity contribution in [3.8, 4) is 0 Å². The predicted molar refractivity (Wildman–Crippen MR) is 70.7 cm³/mol. The van der Waals surface area contributed by atoms with Gasteiger partial charge in [0.1, 0.15) is 11.1 Å². The Morgan fingerprint density at radius 3 is 1.52 bits per heavy atom. The number of nitrogens with one attached hydrogen (secondary N) is 1. The molecular weight excluding hydrogens is 400 g/mol. The molecule has 12 heteroatoms. The molecule has 0 fully saturated rings. The van der Waals surface area contributed by atoms with E-state index in [1.807, 2.05) is 0 Å². The molecule has 2 rings (SSSR count). The van der Waals surface area contributed by atoms with Gasteiger partial charge in [-0.3, -0.25) is 4.79 Å². The molecule has 0 bridgehead atoms. The van der Waals surface area contributed by atoms with E-state index in [0.717, 1.165) is 0 Å². The first kappa shape index (κ1) is 20.5. The second-order valence-corrected chi connectivity index (χ2v) is 5.03. The summed E-state index contributed by atoms with van der Waals surface area (Å²) in [5, 5.41) is 1.63. The Hall–Kier alpha value is -2.79. The fourth-order valence-electron chi connectivity index (χ4n) is 2.02. The summed E-state index contributed by atoms with van der Waals surface area (Å²) in [7, 11) is 0. The van der Waals surface area contributed by atoms with E-state index < -0.39 is 63.9 Å². The summed E-state index contributed by atoms with van der Waals surface area (Å²) in [6.45, 7) is 0. The van der Waals surface area contributed by atoms with Gasteiger partial charge in [-0.25, -0.2) is 17.6 Å². The lowest BCUT2D eigenvalue weighted by molar-refractivity contribution is -0.143. The average molecular weight is 405 g/mol. The molecule has 0 spiro atoms. The maximum Gasteiger partial charge on any atom is 0.422 e. The van der Waals surface area contributed by atoms with E-state index in [9.17, 15) is 48.7 Å². The molecule has 146 valence electrons. The largest absolute Gasteiger partial charge is 0.422 e. The normalized spacial score (nSPS) is 12.2. The highest BCUT2D eigenvalue weighted by Gasteiger charge is 2.43. The number of halogens is 10. The summed E-state index contributed by atoms with van der Waals surface area (Å²) >= 11 is 0. The molecule has 0 saturated heterocycles. The van der Waals surface area contributed by atoms with E-state index in [-0.39, 0.29) is 0 Å². The molecule has 0 aromatic heterocycles.